The van der Waals surface area contributed by atoms with Gasteiger partial charge in [-0.2, -0.15) is 4.68 Å². The van der Waals surface area contributed by atoms with Gasteiger partial charge in [0.25, 0.3) is 0 Å². The second kappa shape index (κ2) is 7.52. The van der Waals surface area contributed by atoms with Crippen LogP contribution < -0.4 is 4.74 Å². The van der Waals surface area contributed by atoms with Crippen LogP contribution in [0.5, 0.6) is 5.75 Å². The van der Waals surface area contributed by atoms with Crippen LogP contribution in [0.2, 0.25) is 0 Å². The van der Waals surface area contributed by atoms with Crippen LogP contribution in [-0.2, 0) is 12.8 Å². The normalized spacial score (nSPS) is 14.0. The Bertz CT molecular complexity index is 968. The Kier molecular flexibility index (Phi) is 4.94. The lowest BCUT2D eigenvalue weighted by atomic mass is 10.0. The Balaban J connectivity index is 1.52. The van der Waals surface area contributed by atoms with Gasteiger partial charge in [-0.15, -0.1) is 5.10 Å². The van der Waals surface area contributed by atoms with E-state index < -0.39 is 0 Å². The third-order valence-corrected chi connectivity index (χ3v) is 5.83. The van der Waals surface area contributed by atoms with Gasteiger partial charge in [-0.1, -0.05) is 23.9 Å². The molecule has 1 aliphatic carbocycles. The van der Waals surface area contributed by atoms with Gasteiger partial charge < -0.3 is 4.74 Å². The molecule has 6 nitrogen and oxygen atoms in total. The molecule has 27 heavy (non-hydrogen) atoms. The lowest BCUT2D eigenvalue weighted by molar-refractivity contribution is 0.0993. The van der Waals surface area contributed by atoms with Crippen molar-refractivity contribution in [1.82, 2.24) is 20.2 Å². The van der Waals surface area contributed by atoms with E-state index in [-0.39, 0.29) is 11.0 Å². The smallest absolute Gasteiger partial charge is 0.214 e. The van der Waals surface area contributed by atoms with Gasteiger partial charge in [0.15, 0.2) is 5.78 Å². The number of Topliss-reactive ketones (excluding diaryl/α,β-unsaturated/α-hetero) is 1. The van der Waals surface area contributed by atoms with E-state index in [1.54, 1.807) is 11.8 Å². The van der Waals surface area contributed by atoms with E-state index in [0.717, 1.165) is 29.8 Å². The number of ether oxygens (including phenoxy) is 1. The largest absolute Gasteiger partial charge is 0.497 e. The number of rotatable bonds is 6. The molecular formula is C20H20N4O2S. The Labute approximate surface area is 161 Å². The number of aromatic nitrogens is 4. The third kappa shape index (κ3) is 3.60. The molecule has 0 bridgehead atoms. The van der Waals surface area contributed by atoms with Gasteiger partial charge in [0.1, 0.15) is 5.75 Å². The number of benzene rings is 2. The van der Waals surface area contributed by atoms with Crippen LogP contribution >= 0.6 is 11.8 Å². The number of carbonyl (C=O) groups is 1. The average molecular weight is 380 g/mol. The molecule has 1 aliphatic rings. The van der Waals surface area contributed by atoms with E-state index in [0.29, 0.717) is 5.16 Å². The van der Waals surface area contributed by atoms with Gasteiger partial charge in [0.05, 0.1) is 18.0 Å². The van der Waals surface area contributed by atoms with Crippen LogP contribution in [0.4, 0.5) is 0 Å². The molecule has 4 rings (SSSR count). The van der Waals surface area contributed by atoms with E-state index in [2.05, 4.69) is 21.6 Å². The molecule has 0 spiro atoms. The maximum Gasteiger partial charge on any atom is 0.214 e. The van der Waals surface area contributed by atoms with E-state index in [1.165, 1.54) is 29.3 Å². The van der Waals surface area contributed by atoms with Crippen LogP contribution in [0.3, 0.4) is 0 Å². The molecule has 1 atom stereocenters. The fourth-order valence-corrected chi connectivity index (χ4v) is 4.19. The van der Waals surface area contributed by atoms with Gasteiger partial charge in [-0.25, -0.2) is 0 Å². The van der Waals surface area contributed by atoms with Crippen molar-refractivity contribution in [1.29, 1.82) is 0 Å². The molecule has 138 valence electrons. The number of ketones is 1. The van der Waals surface area contributed by atoms with Crippen molar-refractivity contribution in [2.75, 3.05) is 7.11 Å². The molecule has 3 aromatic rings. The Morgan fingerprint density at radius 3 is 2.70 bits per heavy atom. The van der Waals surface area contributed by atoms with Crippen molar-refractivity contribution in [3.63, 3.8) is 0 Å². The van der Waals surface area contributed by atoms with Crippen LogP contribution in [0.15, 0.2) is 47.6 Å². The van der Waals surface area contributed by atoms with Gasteiger partial charge in [-0.3, -0.25) is 4.79 Å². The van der Waals surface area contributed by atoms with Crippen molar-refractivity contribution in [3.8, 4) is 11.4 Å². The first-order chi connectivity index (χ1) is 13.2. The predicted molar refractivity (Wildman–Crippen MR) is 104 cm³/mol. The van der Waals surface area contributed by atoms with Crippen molar-refractivity contribution < 1.29 is 9.53 Å². The minimum atomic E-state index is -0.285. The van der Waals surface area contributed by atoms with Crippen LogP contribution in [0.25, 0.3) is 5.69 Å². The summed E-state index contributed by atoms with van der Waals surface area (Å²) in [5.41, 5.74) is 4.26. The summed E-state index contributed by atoms with van der Waals surface area (Å²) < 4.78 is 6.82. The highest BCUT2D eigenvalue weighted by Gasteiger charge is 2.22. The fourth-order valence-electron chi connectivity index (χ4n) is 3.31. The molecule has 0 fully saturated rings. The molecule has 0 aliphatic heterocycles. The summed E-state index contributed by atoms with van der Waals surface area (Å²) in [7, 11) is 1.62. The SMILES string of the molecule is COc1ccc(-n2nnnc2SC(C)C(=O)c2ccc3c(c2)CCC3)cc1. The van der Waals surface area contributed by atoms with E-state index >= 15 is 0 Å². The quantitative estimate of drug-likeness (QED) is 0.481. The minimum absolute atomic E-state index is 0.0963. The van der Waals surface area contributed by atoms with E-state index in [4.69, 9.17) is 4.74 Å². The zero-order valence-corrected chi connectivity index (χ0v) is 16.1. The number of carbonyl (C=O) groups excluding carboxylic acids is 1. The summed E-state index contributed by atoms with van der Waals surface area (Å²) in [6.07, 6.45) is 3.35. The Hall–Kier alpha value is -2.67. The average Bonchev–Trinajstić information content (AvgIpc) is 3.36. The predicted octanol–water partition coefficient (Wildman–Crippen LogP) is 3.52. The highest BCUT2D eigenvalue weighted by molar-refractivity contribution is 8.00. The first-order valence-corrected chi connectivity index (χ1v) is 9.79. The van der Waals surface area contributed by atoms with Crippen molar-refractivity contribution in [2.45, 2.75) is 36.6 Å². The van der Waals surface area contributed by atoms with Gasteiger partial charge in [-0.05, 0) is 78.1 Å². The number of aryl methyl sites for hydroxylation is 2. The second-order valence-electron chi connectivity index (χ2n) is 6.53. The number of nitrogens with zero attached hydrogens (tertiary/aromatic N) is 4. The topological polar surface area (TPSA) is 69.9 Å². The maximum atomic E-state index is 12.9. The number of hydrogen-bond acceptors (Lipinski definition) is 6. The molecule has 0 saturated carbocycles. The lowest BCUT2D eigenvalue weighted by Gasteiger charge is -2.11. The molecule has 0 N–H and O–H groups in total. The number of thioether (sulfide) groups is 1. The zero-order chi connectivity index (χ0) is 18.8. The number of methoxy groups -OCH3 is 1. The molecule has 1 unspecified atom stereocenters. The van der Waals surface area contributed by atoms with Crippen molar-refractivity contribution in [2.24, 2.45) is 0 Å². The molecule has 2 aromatic carbocycles. The van der Waals surface area contributed by atoms with Crippen LogP contribution in [0, 0.1) is 0 Å². The first-order valence-electron chi connectivity index (χ1n) is 8.91. The molecule has 0 saturated heterocycles. The Morgan fingerprint density at radius 1 is 1.15 bits per heavy atom. The highest BCUT2D eigenvalue weighted by Crippen LogP contribution is 2.28. The summed E-state index contributed by atoms with van der Waals surface area (Å²) in [5, 5.41) is 12.2. The van der Waals surface area contributed by atoms with E-state index in [9.17, 15) is 4.79 Å². The zero-order valence-electron chi connectivity index (χ0n) is 15.3. The van der Waals surface area contributed by atoms with Gasteiger partial charge in [0, 0.05) is 5.56 Å². The summed E-state index contributed by atoms with van der Waals surface area (Å²) in [6.45, 7) is 1.90. The summed E-state index contributed by atoms with van der Waals surface area (Å²) in [4.78, 5) is 12.9. The van der Waals surface area contributed by atoms with Crippen molar-refractivity contribution >= 4 is 17.5 Å². The third-order valence-electron chi connectivity index (χ3n) is 4.79. The number of hydrogen-bond donors (Lipinski definition) is 0. The molecule has 1 heterocycles. The molecule has 0 amide bonds. The Morgan fingerprint density at radius 2 is 1.93 bits per heavy atom. The summed E-state index contributed by atoms with van der Waals surface area (Å²) in [5.74, 6) is 0.861. The highest BCUT2D eigenvalue weighted by atomic mass is 32.2. The van der Waals surface area contributed by atoms with Crippen LogP contribution in [0.1, 0.15) is 34.8 Å². The van der Waals surface area contributed by atoms with Crippen LogP contribution in [-0.4, -0.2) is 38.4 Å². The summed E-state index contributed by atoms with van der Waals surface area (Å²) >= 11 is 1.36. The lowest BCUT2D eigenvalue weighted by Crippen LogP contribution is -2.15. The fraction of sp³-hybridized carbons (Fsp3) is 0.300. The van der Waals surface area contributed by atoms with Gasteiger partial charge in [0.2, 0.25) is 5.16 Å². The molecular weight excluding hydrogens is 360 g/mol. The second-order valence-corrected chi connectivity index (χ2v) is 7.84. The van der Waals surface area contributed by atoms with E-state index in [1.807, 2.05) is 43.3 Å². The molecule has 7 heteroatoms. The molecule has 1 aromatic heterocycles. The number of tetrazole rings is 1. The summed E-state index contributed by atoms with van der Waals surface area (Å²) in [6, 6.07) is 13.5. The van der Waals surface area contributed by atoms with Crippen molar-refractivity contribution in [3.05, 3.63) is 59.2 Å². The molecule has 0 radical (unpaired) electrons. The number of fused-ring (bicyclic) bond motifs is 1. The minimum Gasteiger partial charge on any atom is -0.497 e. The standard InChI is InChI=1S/C20H20N4O2S/c1-13(19(25)16-7-6-14-4-3-5-15(14)12-16)27-20-21-22-23-24(20)17-8-10-18(26-2)11-9-17/h6-13H,3-5H2,1-2H3. The maximum absolute atomic E-state index is 12.9. The first kappa shape index (κ1) is 17.7. The monoisotopic (exact) mass is 380 g/mol. The van der Waals surface area contributed by atoms with Gasteiger partial charge >= 0.3 is 0 Å².